The molecule has 0 radical (unpaired) electrons. The maximum absolute atomic E-state index is 12.4. The highest BCUT2D eigenvalue weighted by Crippen LogP contribution is 2.25. The minimum absolute atomic E-state index is 0.160. The molecule has 0 fully saturated rings. The van der Waals surface area contributed by atoms with E-state index < -0.39 is 6.10 Å². The van der Waals surface area contributed by atoms with Gasteiger partial charge >= 0.3 is 0 Å². The molecule has 2 heterocycles. The van der Waals surface area contributed by atoms with Gasteiger partial charge in [-0.2, -0.15) is 0 Å². The lowest BCUT2D eigenvalue weighted by Crippen LogP contribution is -2.28. The van der Waals surface area contributed by atoms with Crippen LogP contribution in [-0.4, -0.2) is 27.1 Å². The van der Waals surface area contributed by atoms with Crippen LogP contribution < -0.4 is 5.32 Å². The fourth-order valence-corrected chi connectivity index (χ4v) is 3.75. The summed E-state index contributed by atoms with van der Waals surface area (Å²) >= 11 is 1.50. The molecule has 0 spiro atoms. The Hall–Kier alpha value is -2.70. The van der Waals surface area contributed by atoms with Crippen LogP contribution in [0.15, 0.2) is 54.2 Å². The second kappa shape index (κ2) is 6.31. The predicted molar refractivity (Wildman–Crippen MR) is 99.8 cm³/mol. The molecular weight excluding hydrogens is 334 g/mol. The van der Waals surface area contributed by atoms with E-state index in [0.29, 0.717) is 5.56 Å². The number of carbonyl (C=O) groups excluding carboxylic acids is 1. The van der Waals surface area contributed by atoms with Crippen molar-refractivity contribution in [2.45, 2.75) is 6.10 Å². The molecule has 6 heteroatoms. The zero-order chi connectivity index (χ0) is 17.4. The molecule has 0 aliphatic carbocycles. The summed E-state index contributed by atoms with van der Waals surface area (Å²) in [4.78, 5) is 16.6. The van der Waals surface area contributed by atoms with Gasteiger partial charge in [0.15, 0.2) is 0 Å². The number of aryl methyl sites for hydroxylation is 1. The van der Waals surface area contributed by atoms with Crippen molar-refractivity contribution in [3.63, 3.8) is 0 Å². The summed E-state index contributed by atoms with van der Waals surface area (Å²) in [6.45, 7) is 0.160. The predicted octanol–water partition coefficient (Wildman–Crippen LogP) is 3.25. The lowest BCUT2D eigenvalue weighted by molar-refractivity contribution is 0.0917. The van der Waals surface area contributed by atoms with Crippen LogP contribution in [0, 0.1) is 0 Å². The van der Waals surface area contributed by atoms with Crippen molar-refractivity contribution in [3.8, 4) is 0 Å². The SMILES string of the molecule is Cn1cc([C@@H](O)CNC(=O)c2ccc3ncsc3c2)c2ccccc21. The van der Waals surface area contributed by atoms with Crippen LogP contribution in [-0.2, 0) is 7.05 Å². The van der Waals surface area contributed by atoms with E-state index in [-0.39, 0.29) is 12.5 Å². The lowest BCUT2D eigenvalue weighted by atomic mass is 10.1. The van der Waals surface area contributed by atoms with E-state index in [9.17, 15) is 9.90 Å². The summed E-state index contributed by atoms with van der Waals surface area (Å²) in [5.74, 6) is -0.199. The minimum Gasteiger partial charge on any atom is -0.386 e. The molecule has 4 aromatic rings. The van der Waals surface area contributed by atoms with E-state index in [1.807, 2.05) is 54.2 Å². The summed E-state index contributed by atoms with van der Waals surface area (Å²) in [5.41, 5.74) is 5.09. The number of hydrogen-bond acceptors (Lipinski definition) is 4. The average Bonchev–Trinajstić information content (AvgIpc) is 3.23. The maximum atomic E-state index is 12.4. The third-order valence-electron chi connectivity index (χ3n) is 4.34. The molecule has 0 saturated carbocycles. The molecule has 0 unspecified atom stereocenters. The maximum Gasteiger partial charge on any atom is 0.251 e. The molecule has 2 N–H and O–H groups in total. The molecule has 2 aromatic heterocycles. The van der Waals surface area contributed by atoms with E-state index in [4.69, 9.17) is 0 Å². The number of thiazole rings is 1. The Labute approximate surface area is 148 Å². The molecule has 0 bridgehead atoms. The number of aliphatic hydroxyl groups is 1. The molecule has 0 saturated heterocycles. The lowest BCUT2D eigenvalue weighted by Gasteiger charge is -2.11. The van der Waals surface area contributed by atoms with Crippen LogP contribution in [0.2, 0.25) is 0 Å². The molecule has 0 aliphatic heterocycles. The Balaban J connectivity index is 1.50. The van der Waals surface area contributed by atoms with Crippen molar-refractivity contribution < 1.29 is 9.90 Å². The number of hydrogen-bond donors (Lipinski definition) is 2. The van der Waals surface area contributed by atoms with Crippen LogP contribution >= 0.6 is 11.3 Å². The summed E-state index contributed by atoms with van der Waals surface area (Å²) in [6.07, 6.45) is 1.15. The number of amides is 1. The number of carbonyl (C=O) groups is 1. The highest BCUT2D eigenvalue weighted by Gasteiger charge is 2.16. The molecule has 5 nitrogen and oxygen atoms in total. The quantitative estimate of drug-likeness (QED) is 0.593. The number of aliphatic hydroxyl groups excluding tert-OH is 1. The van der Waals surface area contributed by atoms with Crippen LogP contribution in [0.5, 0.6) is 0 Å². The van der Waals surface area contributed by atoms with E-state index >= 15 is 0 Å². The van der Waals surface area contributed by atoms with Crippen molar-refractivity contribution in [2.24, 2.45) is 7.05 Å². The number of benzene rings is 2. The summed E-state index contributed by atoms with van der Waals surface area (Å²) in [7, 11) is 1.95. The molecule has 1 amide bonds. The Morgan fingerprint density at radius 2 is 2.16 bits per heavy atom. The van der Waals surface area contributed by atoms with E-state index in [0.717, 1.165) is 26.7 Å². The van der Waals surface area contributed by atoms with Crippen molar-refractivity contribution in [3.05, 3.63) is 65.3 Å². The smallest absolute Gasteiger partial charge is 0.251 e. The van der Waals surface area contributed by atoms with Crippen LogP contribution in [0.25, 0.3) is 21.1 Å². The first-order valence-corrected chi connectivity index (χ1v) is 8.85. The van der Waals surface area contributed by atoms with Gasteiger partial charge in [-0.3, -0.25) is 4.79 Å². The van der Waals surface area contributed by atoms with Crippen molar-refractivity contribution >= 4 is 38.4 Å². The Bertz CT molecular complexity index is 1070. The zero-order valence-electron chi connectivity index (χ0n) is 13.6. The summed E-state index contributed by atoms with van der Waals surface area (Å²) in [5, 5.41) is 14.3. The summed E-state index contributed by atoms with van der Waals surface area (Å²) in [6, 6.07) is 13.3. The standard InChI is InChI=1S/C19H17N3O2S/c1-22-10-14(13-4-2-3-5-16(13)22)17(23)9-20-19(24)12-6-7-15-18(8-12)25-11-21-15/h2-8,10-11,17,23H,9H2,1H3,(H,20,24)/t17-/m0/s1. The first-order chi connectivity index (χ1) is 12.1. The largest absolute Gasteiger partial charge is 0.386 e. The van der Waals surface area contributed by atoms with Gasteiger partial charge in [-0.05, 0) is 24.3 Å². The van der Waals surface area contributed by atoms with Gasteiger partial charge in [-0.1, -0.05) is 18.2 Å². The van der Waals surface area contributed by atoms with Gasteiger partial charge in [-0.15, -0.1) is 11.3 Å². The highest BCUT2D eigenvalue weighted by atomic mass is 32.1. The molecule has 4 rings (SSSR count). The molecular formula is C19H17N3O2S. The van der Waals surface area contributed by atoms with E-state index in [2.05, 4.69) is 10.3 Å². The zero-order valence-corrected chi connectivity index (χ0v) is 14.5. The minimum atomic E-state index is -0.762. The first-order valence-electron chi connectivity index (χ1n) is 7.97. The van der Waals surface area contributed by atoms with Gasteiger partial charge in [0.1, 0.15) is 0 Å². The van der Waals surface area contributed by atoms with Gasteiger partial charge in [0.25, 0.3) is 5.91 Å². The van der Waals surface area contributed by atoms with Gasteiger partial charge in [-0.25, -0.2) is 4.98 Å². The van der Waals surface area contributed by atoms with Gasteiger partial charge < -0.3 is 15.0 Å². The number of nitrogens with one attached hydrogen (secondary N) is 1. The number of rotatable bonds is 4. The van der Waals surface area contributed by atoms with Crippen LogP contribution in [0.1, 0.15) is 22.0 Å². The van der Waals surface area contributed by atoms with Crippen molar-refractivity contribution in [2.75, 3.05) is 6.54 Å². The van der Waals surface area contributed by atoms with Crippen molar-refractivity contribution in [1.29, 1.82) is 0 Å². The van der Waals surface area contributed by atoms with Crippen LogP contribution in [0.3, 0.4) is 0 Å². The number of aromatic nitrogens is 2. The van der Waals surface area contributed by atoms with Crippen LogP contribution in [0.4, 0.5) is 0 Å². The Morgan fingerprint density at radius 3 is 3.04 bits per heavy atom. The average molecular weight is 351 g/mol. The molecule has 0 aliphatic rings. The third-order valence-corrected chi connectivity index (χ3v) is 5.13. The highest BCUT2D eigenvalue weighted by molar-refractivity contribution is 7.16. The van der Waals surface area contributed by atoms with Crippen molar-refractivity contribution in [1.82, 2.24) is 14.9 Å². The van der Waals surface area contributed by atoms with E-state index in [1.54, 1.807) is 11.6 Å². The first kappa shape index (κ1) is 15.8. The molecule has 2 aromatic carbocycles. The van der Waals surface area contributed by atoms with E-state index in [1.165, 1.54) is 11.3 Å². The normalized spacial score (nSPS) is 12.6. The topological polar surface area (TPSA) is 67.2 Å². The summed E-state index contributed by atoms with van der Waals surface area (Å²) < 4.78 is 2.95. The Morgan fingerprint density at radius 1 is 1.32 bits per heavy atom. The molecule has 126 valence electrons. The second-order valence-electron chi connectivity index (χ2n) is 5.97. The van der Waals surface area contributed by atoms with Gasteiger partial charge in [0.05, 0.1) is 21.8 Å². The molecule has 25 heavy (non-hydrogen) atoms. The number of fused-ring (bicyclic) bond motifs is 2. The number of nitrogens with zero attached hydrogens (tertiary/aromatic N) is 2. The Kier molecular flexibility index (Phi) is 3.99. The van der Waals surface area contributed by atoms with Gasteiger partial charge in [0, 0.05) is 41.8 Å². The number of para-hydroxylation sites is 1. The fourth-order valence-electron chi connectivity index (χ4n) is 3.04. The molecule has 1 atom stereocenters. The monoisotopic (exact) mass is 351 g/mol. The third kappa shape index (κ3) is 2.90. The fraction of sp³-hybridized carbons (Fsp3) is 0.158. The van der Waals surface area contributed by atoms with Gasteiger partial charge in [0.2, 0.25) is 0 Å². The second-order valence-corrected chi connectivity index (χ2v) is 6.86.